The Bertz CT molecular complexity index is 83.3. The van der Waals surface area contributed by atoms with Gasteiger partial charge < -0.3 is 9.47 Å². The lowest BCUT2D eigenvalue weighted by Gasteiger charge is -2.27. The fourth-order valence-electron chi connectivity index (χ4n) is 1.34. The van der Waals surface area contributed by atoms with Crippen molar-refractivity contribution in [3.05, 3.63) is 0 Å². The van der Waals surface area contributed by atoms with Gasteiger partial charge in [-0.3, -0.25) is 0 Å². The number of rotatable bonds is 2. The van der Waals surface area contributed by atoms with Crippen LogP contribution in [0.3, 0.4) is 0 Å². The molecular weight excluding hydrogens is 128 g/mol. The number of methoxy groups -OCH3 is 1. The summed E-state index contributed by atoms with van der Waals surface area (Å²) in [7, 11) is 1.71. The Hall–Kier alpha value is -0.0800. The topological polar surface area (TPSA) is 18.5 Å². The molecule has 2 heteroatoms. The van der Waals surface area contributed by atoms with Gasteiger partial charge in [-0.05, 0) is 25.7 Å². The smallest absolute Gasteiger partial charge is 0.157 e. The third-order valence-electron chi connectivity index (χ3n) is 2.03. The van der Waals surface area contributed by atoms with Crippen LogP contribution in [0.25, 0.3) is 0 Å². The quantitative estimate of drug-likeness (QED) is 0.589. The lowest BCUT2D eigenvalue weighted by molar-refractivity contribution is -0.180. The molecule has 1 heterocycles. The summed E-state index contributed by atoms with van der Waals surface area (Å²) >= 11 is 0. The third kappa shape index (κ3) is 1.96. The zero-order valence-corrected chi connectivity index (χ0v) is 6.80. The number of ether oxygens (including phenoxy) is 2. The zero-order valence-electron chi connectivity index (χ0n) is 6.80. The minimum absolute atomic E-state index is 0.0682. The molecule has 0 aromatic heterocycles. The van der Waals surface area contributed by atoms with Crippen LogP contribution in [0.2, 0.25) is 0 Å². The second-order valence-electron chi connectivity index (χ2n) is 2.76. The highest BCUT2D eigenvalue weighted by Crippen LogP contribution is 2.20. The standard InChI is InChI=1S/C8H16O2/c1-3-7-5-4-6-8(9-2)10-7/h7-8H,3-6H2,1-2H3/t7-,8?/m1/s1. The van der Waals surface area contributed by atoms with Crippen LogP contribution in [-0.2, 0) is 9.47 Å². The summed E-state index contributed by atoms with van der Waals surface area (Å²) in [4.78, 5) is 0. The molecule has 0 aromatic carbocycles. The van der Waals surface area contributed by atoms with Gasteiger partial charge >= 0.3 is 0 Å². The first-order valence-corrected chi connectivity index (χ1v) is 4.05. The first kappa shape index (κ1) is 8.02. The van der Waals surface area contributed by atoms with Crippen LogP contribution in [0.5, 0.6) is 0 Å². The van der Waals surface area contributed by atoms with Crippen molar-refractivity contribution in [2.24, 2.45) is 0 Å². The molecule has 1 fully saturated rings. The summed E-state index contributed by atoms with van der Waals surface area (Å²) in [6, 6.07) is 0. The SMILES string of the molecule is CC[C@@H]1CCCC(OC)O1. The van der Waals surface area contributed by atoms with E-state index in [0.717, 1.165) is 12.8 Å². The first-order chi connectivity index (χ1) is 4.86. The molecule has 0 saturated carbocycles. The van der Waals surface area contributed by atoms with Gasteiger partial charge in [0.2, 0.25) is 0 Å². The van der Waals surface area contributed by atoms with Crippen LogP contribution >= 0.6 is 0 Å². The predicted molar refractivity (Wildman–Crippen MR) is 39.8 cm³/mol. The molecule has 1 unspecified atom stereocenters. The third-order valence-corrected chi connectivity index (χ3v) is 2.03. The molecule has 1 aliphatic rings. The minimum Gasteiger partial charge on any atom is -0.356 e. The summed E-state index contributed by atoms with van der Waals surface area (Å²) in [5.41, 5.74) is 0. The summed E-state index contributed by atoms with van der Waals surface area (Å²) in [5, 5.41) is 0. The van der Waals surface area contributed by atoms with Gasteiger partial charge in [-0.25, -0.2) is 0 Å². The van der Waals surface area contributed by atoms with Crippen LogP contribution in [0.1, 0.15) is 32.6 Å². The van der Waals surface area contributed by atoms with Gasteiger partial charge in [0.25, 0.3) is 0 Å². The van der Waals surface area contributed by atoms with E-state index in [4.69, 9.17) is 9.47 Å². The maximum absolute atomic E-state index is 5.56. The molecule has 1 rings (SSSR count). The molecule has 60 valence electrons. The molecular formula is C8H16O2. The highest BCUT2D eigenvalue weighted by molar-refractivity contribution is 4.63. The zero-order chi connectivity index (χ0) is 7.40. The van der Waals surface area contributed by atoms with Gasteiger partial charge in [-0.15, -0.1) is 0 Å². The van der Waals surface area contributed by atoms with Crippen molar-refractivity contribution in [1.29, 1.82) is 0 Å². The Morgan fingerprint density at radius 1 is 1.50 bits per heavy atom. The van der Waals surface area contributed by atoms with Crippen LogP contribution in [0.4, 0.5) is 0 Å². The Morgan fingerprint density at radius 2 is 2.30 bits per heavy atom. The van der Waals surface area contributed by atoms with Gasteiger partial charge in [0.1, 0.15) is 0 Å². The minimum atomic E-state index is 0.0682. The van der Waals surface area contributed by atoms with E-state index in [1.54, 1.807) is 7.11 Å². The van der Waals surface area contributed by atoms with Crippen molar-refractivity contribution in [3.63, 3.8) is 0 Å². The van der Waals surface area contributed by atoms with Crippen molar-refractivity contribution < 1.29 is 9.47 Å². The molecule has 0 radical (unpaired) electrons. The molecule has 0 amide bonds. The Morgan fingerprint density at radius 3 is 2.90 bits per heavy atom. The molecule has 0 bridgehead atoms. The second kappa shape index (κ2) is 3.94. The molecule has 10 heavy (non-hydrogen) atoms. The van der Waals surface area contributed by atoms with E-state index >= 15 is 0 Å². The lowest BCUT2D eigenvalue weighted by atomic mass is 10.1. The maximum atomic E-state index is 5.56. The van der Waals surface area contributed by atoms with Gasteiger partial charge in [0.15, 0.2) is 6.29 Å². The van der Waals surface area contributed by atoms with E-state index in [-0.39, 0.29) is 6.29 Å². The molecule has 0 aromatic rings. The molecule has 2 nitrogen and oxygen atoms in total. The van der Waals surface area contributed by atoms with E-state index < -0.39 is 0 Å². The van der Waals surface area contributed by atoms with Gasteiger partial charge in [0.05, 0.1) is 6.10 Å². The van der Waals surface area contributed by atoms with Crippen LogP contribution in [0, 0.1) is 0 Å². The summed E-state index contributed by atoms with van der Waals surface area (Å²) in [5.74, 6) is 0. The van der Waals surface area contributed by atoms with Gasteiger partial charge in [0, 0.05) is 7.11 Å². The largest absolute Gasteiger partial charge is 0.356 e. The summed E-state index contributed by atoms with van der Waals surface area (Å²) < 4.78 is 10.7. The molecule has 0 spiro atoms. The molecule has 0 aliphatic carbocycles. The van der Waals surface area contributed by atoms with Crippen molar-refractivity contribution in [2.45, 2.75) is 45.0 Å². The summed E-state index contributed by atoms with van der Waals surface area (Å²) in [6.07, 6.45) is 5.14. The highest BCUT2D eigenvalue weighted by atomic mass is 16.7. The van der Waals surface area contributed by atoms with E-state index in [2.05, 4.69) is 6.92 Å². The van der Waals surface area contributed by atoms with Crippen LogP contribution in [0.15, 0.2) is 0 Å². The highest BCUT2D eigenvalue weighted by Gasteiger charge is 2.19. The van der Waals surface area contributed by atoms with Gasteiger partial charge in [-0.1, -0.05) is 6.92 Å². The Labute approximate surface area is 62.5 Å². The van der Waals surface area contributed by atoms with Crippen LogP contribution < -0.4 is 0 Å². The van der Waals surface area contributed by atoms with Crippen molar-refractivity contribution >= 4 is 0 Å². The Balaban J connectivity index is 2.25. The first-order valence-electron chi connectivity index (χ1n) is 4.05. The normalized spacial score (nSPS) is 34.2. The van der Waals surface area contributed by atoms with Crippen LogP contribution in [-0.4, -0.2) is 19.5 Å². The van der Waals surface area contributed by atoms with Crippen molar-refractivity contribution in [1.82, 2.24) is 0 Å². The maximum Gasteiger partial charge on any atom is 0.157 e. The molecule has 2 atom stereocenters. The summed E-state index contributed by atoms with van der Waals surface area (Å²) in [6.45, 7) is 2.16. The average molecular weight is 144 g/mol. The van der Waals surface area contributed by atoms with E-state index in [1.807, 2.05) is 0 Å². The van der Waals surface area contributed by atoms with E-state index in [9.17, 15) is 0 Å². The van der Waals surface area contributed by atoms with E-state index in [1.165, 1.54) is 12.8 Å². The Kier molecular flexibility index (Phi) is 3.16. The molecule has 1 saturated heterocycles. The number of hydrogen-bond acceptors (Lipinski definition) is 2. The predicted octanol–water partition coefficient (Wildman–Crippen LogP) is 1.94. The van der Waals surface area contributed by atoms with Crippen molar-refractivity contribution in [3.8, 4) is 0 Å². The second-order valence-corrected chi connectivity index (χ2v) is 2.76. The average Bonchev–Trinajstić information content (AvgIpc) is 2.05. The van der Waals surface area contributed by atoms with Crippen molar-refractivity contribution in [2.75, 3.05) is 7.11 Å². The molecule has 1 aliphatic heterocycles. The molecule has 0 N–H and O–H groups in total. The fraction of sp³-hybridized carbons (Fsp3) is 1.00. The fourth-order valence-corrected chi connectivity index (χ4v) is 1.34. The number of hydrogen-bond donors (Lipinski definition) is 0. The monoisotopic (exact) mass is 144 g/mol. The van der Waals surface area contributed by atoms with Gasteiger partial charge in [-0.2, -0.15) is 0 Å². The van der Waals surface area contributed by atoms with E-state index in [0.29, 0.717) is 6.10 Å². The lowest BCUT2D eigenvalue weighted by Crippen LogP contribution is -2.28.